The Kier molecular flexibility index (Phi) is 3.20. The lowest BCUT2D eigenvalue weighted by Crippen LogP contribution is -2.29. The van der Waals surface area contributed by atoms with Crippen molar-refractivity contribution in [2.75, 3.05) is 6.54 Å². The molecule has 0 saturated heterocycles. The molecule has 0 unspecified atom stereocenters. The van der Waals surface area contributed by atoms with Crippen molar-refractivity contribution in [3.05, 3.63) is 47.0 Å². The fourth-order valence-electron chi connectivity index (χ4n) is 2.70. The Bertz CT molecular complexity index is 773. The Balaban J connectivity index is 2.23. The minimum absolute atomic E-state index is 0.211. The molecule has 106 valence electrons. The number of nitrogens with two attached hydrogens (primary N) is 1. The number of nitrogens with one attached hydrogen (secondary N) is 1. The molecule has 0 spiro atoms. The van der Waals surface area contributed by atoms with E-state index < -0.39 is 11.7 Å². The van der Waals surface area contributed by atoms with Gasteiger partial charge in [-0.2, -0.15) is 5.26 Å². The van der Waals surface area contributed by atoms with E-state index in [4.69, 9.17) is 11.0 Å². The highest BCUT2D eigenvalue weighted by molar-refractivity contribution is 6.01. The maximum absolute atomic E-state index is 13.6. The number of primary amides is 1. The van der Waals surface area contributed by atoms with Crippen LogP contribution in [0.2, 0.25) is 0 Å². The lowest BCUT2D eigenvalue weighted by atomic mass is 10.00. The highest BCUT2D eigenvalue weighted by Gasteiger charge is 2.23. The fourth-order valence-corrected chi connectivity index (χ4v) is 2.70. The zero-order valence-electron chi connectivity index (χ0n) is 11.2. The minimum atomic E-state index is -0.551. The molecule has 21 heavy (non-hydrogen) atoms. The monoisotopic (exact) mass is 284 g/mol. The van der Waals surface area contributed by atoms with Crippen molar-refractivity contribution in [2.45, 2.75) is 13.1 Å². The molecule has 5 nitrogen and oxygen atoms in total. The second kappa shape index (κ2) is 5.04. The van der Waals surface area contributed by atoms with Crippen LogP contribution in [-0.2, 0) is 13.1 Å². The standard InChI is InChI=1S/C15H13FN4O/c16-11-4-9(6-17)3-10(5-11)12-8-20-2-1-19-7-13(20)14(12)15(18)21/h3-5,8,19H,1-2,7H2,(H2,18,21). The summed E-state index contributed by atoms with van der Waals surface area (Å²) in [6, 6.07) is 5.94. The molecule has 0 fully saturated rings. The van der Waals surface area contributed by atoms with Crippen molar-refractivity contribution in [2.24, 2.45) is 5.73 Å². The van der Waals surface area contributed by atoms with E-state index in [2.05, 4.69) is 5.32 Å². The van der Waals surface area contributed by atoms with Crippen LogP contribution in [0.3, 0.4) is 0 Å². The molecule has 1 aromatic heterocycles. The maximum Gasteiger partial charge on any atom is 0.251 e. The number of aromatic nitrogens is 1. The van der Waals surface area contributed by atoms with Gasteiger partial charge in [0.25, 0.3) is 5.91 Å². The van der Waals surface area contributed by atoms with Crippen LogP contribution in [0.5, 0.6) is 0 Å². The lowest BCUT2D eigenvalue weighted by molar-refractivity contribution is 0.0999. The third kappa shape index (κ3) is 2.28. The van der Waals surface area contributed by atoms with Gasteiger partial charge in [0.05, 0.1) is 17.2 Å². The number of benzene rings is 1. The predicted molar refractivity (Wildman–Crippen MR) is 74.8 cm³/mol. The van der Waals surface area contributed by atoms with Gasteiger partial charge >= 0.3 is 0 Å². The number of nitrogens with zero attached hydrogens (tertiary/aromatic N) is 2. The third-order valence-electron chi connectivity index (χ3n) is 3.60. The molecule has 6 heteroatoms. The first-order valence-electron chi connectivity index (χ1n) is 6.53. The first kappa shape index (κ1) is 13.3. The second-order valence-corrected chi connectivity index (χ2v) is 4.94. The molecule has 0 saturated carbocycles. The van der Waals surface area contributed by atoms with Gasteiger partial charge in [0.15, 0.2) is 0 Å². The minimum Gasteiger partial charge on any atom is -0.366 e. The zero-order valence-corrected chi connectivity index (χ0v) is 11.2. The number of nitriles is 1. The Morgan fingerprint density at radius 3 is 2.95 bits per heavy atom. The number of carbonyl (C=O) groups excluding carboxylic acids is 1. The van der Waals surface area contributed by atoms with Crippen LogP contribution in [0.25, 0.3) is 11.1 Å². The summed E-state index contributed by atoms with van der Waals surface area (Å²) < 4.78 is 15.6. The molecule has 2 aromatic rings. The van der Waals surface area contributed by atoms with Gasteiger partial charge in [-0.3, -0.25) is 4.79 Å². The van der Waals surface area contributed by atoms with E-state index in [1.165, 1.54) is 6.07 Å². The summed E-state index contributed by atoms with van der Waals surface area (Å²) in [7, 11) is 0. The van der Waals surface area contributed by atoms with Crippen LogP contribution < -0.4 is 11.1 Å². The van der Waals surface area contributed by atoms with E-state index in [1.54, 1.807) is 12.3 Å². The van der Waals surface area contributed by atoms with Crippen molar-refractivity contribution < 1.29 is 9.18 Å². The average molecular weight is 284 g/mol. The molecule has 0 aliphatic carbocycles. The van der Waals surface area contributed by atoms with Crippen molar-refractivity contribution in [1.29, 1.82) is 5.26 Å². The van der Waals surface area contributed by atoms with Crippen LogP contribution in [0.15, 0.2) is 24.4 Å². The molecule has 0 radical (unpaired) electrons. The molecule has 1 amide bonds. The molecule has 0 bridgehead atoms. The Morgan fingerprint density at radius 2 is 2.24 bits per heavy atom. The predicted octanol–water partition coefficient (Wildman–Crippen LogP) is 1.37. The van der Waals surface area contributed by atoms with Gasteiger partial charge in [-0.05, 0) is 23.8 Å². The second-order valence-electron chi connectivity index (χ2n) is 4.94. The van der Waals surface area contributed by atoms with Crippen molar-refractivity contribution in [3.8, 4) is 17.2 Å². The molecular weight excluding hydrogens is 271 g/mol. The van der Waals surface area contributed by atoms with Gasteiger partial charge < -0.3 is 15.6 Å². The quantitative estimate of drug-likeness (QED) is 0.873. The SMILES string of the molecule is N#Cc1cc(F)cc(-c2cn3c(c2C(N)=O)CNCC3)c1. The Hall–Kier alpha value is -2.65. The number of fused-ring (bicyclic) bond motifs is 1. The average Bonchev–Trinajstić information content (AvgIpc) is 2.86. The largest absolute Gasteiger partial charge is 0.366 e. The van der Waals surface area contributed by atoms with E-state index in [0.29, 0.717) is 23.2 Å². The Labute approximate surface area is 120 Å². The van der Waals surface area contributed by atoms with Crippen LogP contribution >= 0.6 is 0 Å². The third-order valence-corrected chi connectivity index (χ3v) is 3.60. The first-order chi connectivity index (χ1) is 10.1. The van der Waals surface area contributed by atoms with Gasteiger partial charge in [-0.1, -0.05) is 0 Å². The number of halogens is 1. The topological polar surface area (TPSA) is 83.8 Å². The van der Waals surface area contributed by atoms with Gasteiger partial charge in [0.1, 0.15) is 5.82 Å². The van der Waals surface area contributed by atoms with Gasteiger partial charge in [-0.15, -0.1) is 0 Å². The molecule has 1 aliphatic rings. The summed E-state index contributed by atoms with van der Waals surface area (Å²) in [6.07, 6.45) is 1.80. The van der Waals surface area contributed by atoms with Crippen LogP contribution in [0, 0.1) is 17.1 Å². The van der Waals surface area contributed by atoms with Crippen molar-refractivity contribution >= 4 is 5.91 Å². The van der Waals surface area contributed by atoms with Crippen molar-refractivity contribution in [3.63, 3.8) is 0 Å². The summed E-state index contributed by atoms with van der Waals surface area (Å²) in [5, 5.41) is 12.1. The van der Waals surface area contributed by atoms with Gasteiger partial charge in [0, 0.05) is 37.1 Å². The molecule has 0 atom stereocenters. The lowest BCUT2D eigenvalue weighted by Gasteiger charge is -2.16. The normalized spacial score (nSPS) is 13.5. The zero-order chi connectivity index (χ0) is 15.0. The molecule has 1 aliphatic heterocycles. The molecule has 1 aromatic carbocycles. The summed E-state index contributed by atoms with van der Waals surface area (Å²) in [5.41, 5.74) is 7.94. The number of hydrogen-bond acceptors (Lipinski definition) is 3. The van der Waals surface area contributed by atoms with Gasteiger partial charge in [0.2, 0.25) is 0 Å². The van der Waals surface area contributed by atoms with E-state index in [0.717, 1.165) is 24.8 Å². The number of amides is 1. The smallest absolute Gasteiger partial charge is 0.251 e. The molecule has 3 N–H and O–H groups in total. The summed E-state index contributed by atoms with van der Waals surface area (Å²) in [6.45, 7) is 2.06. The van der Waals surface area contributed by atoms with E-state index in [9.17, 15) is 9.18 Å². The molecular formula is C15H13FN4O. The van der Waals surface area contributed by atoms with Crippen LogP contribution in [0.1, 0.15) is 21.6 Å². The van der Waals surface area contributed by atoms with Gasteiger partial charge in [-0.25, -0.2) is 4.39 Å². The van der Waals surface area contributed by atoms with E-state index >= 15 is 0 Å². The number of hydrogen-bond donors (Lipinski definition) is 2. The Morgan fingerprint density at radius 1 is 1.43 bits per heavy atom. The summed E-state index contributed by atoms with van der Waals surface area (Å²) >= 11 is 0. The highest BCUT2D eigenvalue weighted by atomic mass is 19.1. The van der Waals surface area contributed by atoms with Crippen LogP contribution in [-0.4, -0.2) is 17.0 Å². The van der Waals surface area contributed by atoms with Crippen molar-refractivity contribution in [1.82, 2.24) is 9.88 Å². The summed E-state index contributed by atoms with van der Waals surface area (Å²) in [4.78, 5) is 11.8. The van der Waals surface area contributed by atoms with E-state index in [1.807, 2.05) is 10.6 Å². The molecule has 2 heterocycles. The van der Waals surface area contributed by atoms with E-state index in [-0.39, 0.29) is 5.56 Å². The first-order valence-corrected chi connectivity index (χ1v) is 6.53. The number of rotatable bonds is 2. The van der Waals surface area contributed by atoms with Crippen LogP contribution in [0.4, 0.5) is 4.39 Å². The maximum atomic E-state index is 13.6. The number of carbonyl (C=O) groups is 1. The molecule has 3 rings (SSSR count). The summed E-state index contributed by atoms with van der Waals surface area (Å²) in [5.74, 6) is -1.06. The fraction of sp³-hybridized carbons (Fsp3) is 0.200. The highest BCUT2D eigenvalue weighted by Crippen LogP contribution is 2.30.